The van der Waals surface area contributed by atoms with Gasteiger partial charge in [0.2, 0.25) is 0 Å². The molecule has 0 fully saturated rings. The highest BCUT2D eigenvalue weighted by Crippen LogP contribution is 2.34. The minimum Gasteiger partial charge on any atom is -0.381 e. The van der Waals surface area contributed by atoms with Crippen molar-refractivity contribution < 1.29 is 14.0 Å². The van der Waals surface area contributed by atoms with Gasteiger partial charge in [0.25, 0.3) is 5.91 Å². The monoisotopic (exact) mass is 417 g/mol. The summed E-state index contributed by atoms with van der Waals surface area (Å²) in [6, 6.07) is 4.16. The number of fused-ring (bicyclic) bond motifs is 1. The lowest BCUT2D eigenvalue weighted by Crippen LogP contribution is -2.22. The van der Waals surface area contributed by atoms with Crippen LogP contribution in [0.25, 0.3) is 11.6 Å². The standard InChI is InChI=1S/C25H24FN3O2/c1-6-7-8-14(2)16(4)27-13-23(30)24-15(3)22(28-17(24)5)12-20-19-11-18(26)9-10-21(19)29-25(20)31/h1,7-12,27-28H,13H2,2-5H3,(H,29,31)/b8-7-,16-14+,20-12-. The lowest BCUT2D eigenvalue weighted by molar-refractivity contribution is -0.110. The van der Waals surface area contributed by atoms with E-state index in [-0.39, 0.29) is 18.2 Å². The van der Waals surface area contributed by atoms with E-state index in [0.717, 1.165) is 16.8 Å². The molecule has 0 atom stereocenters. The van der Waals surface area contributed by atoms with Crippen molar-refractivity contribution in [1.82, 2.24) is 10.3 Å². The number of aryl methyl sites for hydroxylation is 1. The van der Waals surface area contributed by atoms with Crippen LogP contribution in [0.5, 0.6) is 0 Å². The van der Waals surface area contributed by atoms with E-state index in [1.54, 1.807) is 18.2 Å². The van der Waals surface area contributed by atoms with Crippen molar-refractivity contribution >= 4 is 29.0 Å². The number of ketones is 1. The van der Waals surface area contributed by atoms with Crippen molar-refractivity contribution in [1.29, 1.82) is 0 Å². The average Bonchev–Trinajstić information content (AvgIpc) is 3.19. The number of carbonyl (C=O) groups is 2. The number of aromatic amines is 1. The van der Waals surface area contributed by atoms with Crippen LogP contribution < -0.4 is 10.6 Å². The number of hydrogen-bond acceptors (Lipinski definition) is 3. The highest BCUT2D eigenvalue weighted by atomic mass is 19.1. The van der Waals surface area contributed by atoms with Gasteiger partial charge in [-0.3, -0.25) is 9.59 Å². The highest BCUT2D eigenvalue weighted by Gasteiger charge is 2.26. The molecule has 0 bridgehead atoms. The molecule has 3 N–H and O–H groups in total. The normalized spacial score (nSPS) is 15.0. The minimum atomic E-state index is -0.418. The summed E-state index contributed by atoms with van der Waals surface area (Å²) >= 11 is 0. The molecule has 2 heterocycles. The third-order valence-corrected chi connectivity index (χ3v) is 5.34. The van der Waals surface area contributed by atoms with Gasteiger partial charge < -0.3 is 15.6 Å². The molecule has 1 amide bonds. The van der Waals surface area contributed by atoms with Crippen LogP contribution in [0.2, 0.25) is 0 Å². The van der Waals surface area contributed by atoms with Crippen LogP contribution in [-0.4, -0.2) is 23.2 Å². The number of benzene rings is 1. The molecule has 6 heteroatoms. The van der Waals surface area contributed by atoms with Crippen molar-refractivity contribution in [3.63, 3.8) is 0 Å². The summed E-state index contributed by atoms with van der Waals surface area (Å²) in [5.74, 6) is 1.63. The molecule has 1 aliphatic heterocycles. The number of amides is 1. The van der Waals surface area contributed by atoms with Gasteiger partial charge in [0.05, 0.1) is 12.1 Å². The molecule has 3 rings (SSSR count). The maximum absolute atomic E-state index is 13.7. The second kappa shape index (κ2) is 8.88. The van der Waals surface area contributed by atoms with Crippen LogP contribution >= 0.6 is 0 Å². The fourth-order valence-electron chi connectivity index (χ4n) is 3.52. The first-order valence-corrected chi connectivity index (χ1v) is 9.82. The topological polar surface area (TPSA) is 74.0 Å². The Balaban J connectivity index is 1.87. The Hall–Kier alpha value is -3.85. The smallest absolute Gasteiger partial charge is 0.256 e. The van der Waals surface area contributed by atoms with Crippen LogP contribution in [0.1, 0.15) is 46.7 Å². The van der Waals surface area contributed by atoms with Crippen molar-refractivity contribution in [2.45, 2.75) is 27.7 Å². The number of allylic oxidation sites excluding steroid dienone is 4. The Morgan fingerprint density at radius 3 is 2.74 bits per heavy atom. The molecule has 0 saturated carbocycles. The van der Waals surface area contributed by atoms with Gasteiger partial charge in [-0.2, -0.15) is 0 Å². The number of Topliss-reactive ketones (excluding diaryl/α,β-unsaturated/α-hetero) is 1. The zero-order chi connectivity index (χ0) is 22.7. The molecule has 1 aromatic carbocycles. The van der Waals surface area contributed by atoms with Crippen LogP contribution in [0, 0.1) is 32.0 Å². The number of aromatic nitrogens is 1. The first-order valence-electron chi connectivity index (χ1n) is 9.82. The maximum Gasteiger partial charge on any atom is 0.256 e. The molecule has 1 aromatic heterocycles. The van der Waals surface area contributed by atoms with E-state index in [1.165, 1.54) is 18.2 Å². The quantitative estimate of drug-likeness (QED) is 0.280. The molecular weight excluding hydrogens is 393 g/mol. The van der Waals surface area contributed by atoms with Crippen LogP contribution in [0.3, 0.4) is 0 Å². The van der Waals surface area contributed by atoms with Crippen LogP contribution in [-0.2, 0) is 4.79 Å². The summed E-state index contributed by atoms with van der Waals surface area (Å²) < 4.78 is 13.7. The first kappa shape index (κ1) is 21.8. The fourth-order valence-corrected chi connectivity index (χ4v) is 3.52. The summed E-state index contributed by atoms with van der Waals surface area (Å²) in [7, 11) is 0. The SMILES string of the molecule is C#C/C=C\C(C)=C(/C)NCC(=O)c1c(C)[nH]c(/C=C2\C(=O)Nc3ccc(F)cc32)c1C. The predicted octanol–water partition coefficient (Wildman–Crippen LogP) is 4.52. The lowest BCUT2D eigenvalue weighted by atomic mass is 10.0. The van der Waals surface area contributed by atoms with E-state index < -0.39 is 5.82 Å². The molecule has 2 aromatic rings. The Labute approximate surface area is 181 Å². The summed E-state index contributed by atoms with van der Waals surface area (Å²) in [4.78, 5) is 28.4. The average molecular weight is 417 g/mol. The van der Waals surface area contributed by atoms with Gasteiger partial charge in [-0.05, 0) is 75.3 Å². The number of halogens is 1. The lowest BCUT2D eigenvalue weighted by Gasteiger charge is -2.09. The number of H-pyrrole nitrogens is 1. The van der Waals surface area contributed by atoms with Gasteiger partial charge in [0.1, 0.15) is 5.82 Å². The molecule has 0 saturated heterocycles. The molecule has 0 spiro atoms. The predicted molar refractivity (Wildman–Crippen MR) is 122 cm³/mol. The fraction of sp³-hybridized carbons (Fsp3) is 0.200. The first-order chi connectivity index (χ1) is 14.7. The molecule has 31 heavy (non-hydrogen) atoms. The summed E-state index contributed by atoms with van der Waals surface area (Å²) in [6.07, 6.45) is 10.3. The number of rotatable bonds is 6. The minimum absolute atomic E-state index is 0.0775. The summed E-state index contributed by atoms with van der Waals surface area (Å²) in [6.45, 7) is 7.55. The van der Waals surface area contributed by atoms with Crippen LogP contribution in [0.4, 0.5) is 10.1 Å². The van der Waals surface area contributed by atoms with Crippen molar-refractivity contribution in [2.75, 3.05) is 11.9 Å². The molecule has 0 unspecified atom stereocenters. The van der Waals surface area contributed by atoms with E-state index in [2.05, 4.69) is 21.5 Å². The number of nitrogens with one attached hydrogen (secondary N) is 3. The van der Waals surface area contributed by atoms with E-state index in [0.29, 0.717) is 33.8 Å². The number of anilines is 1. The van der Waals surface area contributed by atoms with E-state index >= 15 is 0 Å². The van der Waals surface area contributed by atoms with Gasteiger partial charge in [-0.1, -0.05) is 5.92 Å². The maximum atomic E-state index is 13.7. The second-order valence-corrected chi connectivity index (χ2v) is 7.45. The van der Waals surface area contributed by atoms with E-state index in [9.17, 15) is 14.0 Å². The summed E-state index contributed by atoms with van der Waals surface area (Å²) in [5, 5.41) is 5.86. The Morgan fingerprint density at radius 2 is 2.03 bits per heavy atom. The summed E-state index contributed by atoms with van der Waals surface area (Å²) in [5.41, 5.74) is 5.87. The Bertz CT molecular complexity index is 1210. The third kappa shape index (κ3) is 4.51. The van der Waals surface area contributed by atoms with Gasteiger partial charge >= 0.3 is 0 Å². The number of terminal acetylenes is 1. The largest absolute Gasteiger partial charge is 0.381 e. The number of hydrogen-bond donors (Lipinski definition) is 3. The number of carbonyl (C=O) groups excluding carboxylic acids is 2. The third-order valence-electron chi connectivity index (χ3n) is 5.34. The molecule has 5 nitrogen and oxygen atoms in total. The Morgan fingerprint density at radius 1 is 1.29 bits per heavy atom. The van der Waals surface area contributed by atoms with Crippen molar-refractivity contribution in [3.8, 4) is 12.3 Å². The van der Waals surface area contributed by atoms with E-state index in [1.807, 2.05) is 27.7 Å². The zero-order valence-corrected chi connectivity index (χ0v) is 17.9. The van der Waals surface area contributed by atoms with E-state index in [4.69, 9.17) is 6.42 Å². The van der Waals surface area contributed by atoms with Crippen molar-refractivity contribution in [3.05, 3.63) is 75.5 Å². The molecule has 0 radical (unpaired) electrons. The zero-order valence-electron chi connectivity index (χ0n) is 17.9. The van der Waals surface area contributed by atoms with Gasteiger partial charge in [-0.25, -0.2) is 4.39 Å². The highest BCUT2D eigenvalue weighted by molar-refractivity contribution is 6.34. The van der Waals surface area contributed by atoms with Gasteiger partial charge in [-0.15, -0.1) is 6.42 Å². The molecule has 1 aliphatic rings. The molecule has 158 valence electrons. The van der Waals surface area contributed by atoms with Crippen molar-refractivity contribution in [2.24, 2.45) is 0 Å². The van der Waals surface area contributed by atoms with Gasteiger partial charge in [0, 0.05) is 33.9 Å². The molecular formula is C25H24FN3O2. The molecule has 0 aliphatic carbocycles. The van der Waals surface area contributed by atoms with Crippen LogP contribution in [0.15, 0.2) is 41.6 Å². The Kier molecular flexibility index (Phi) is 6.26. The second-order valence-electron chi connectivity index (χ2n) is 7.45. The van der Waals surface area contributed by atoms with Gasteiger partial charge in [0.15, 0.2) is 5.78 Å².